The summed E-state index contributed by atoms with van der Waals surface area (Å²) in [6, 6.07) is 18.9. The van der Waals surface area contributed by atoms with Crippen LogP contribution in [0.2, 0.25) is 0 Å². The highest BCUT2D eigenvalue weighted by Crippen LogP contribution is 2.26. The molecule has 2 aromatic carbocycles. The summed E-state index contributed by atoms with van der Waals surface area (Å²) in [5.74, 6) is 0.578. The van der Waals surface area contributed by atoms with Gasteiger partial charge in [-0.1, -0.05) is 13.3 Å². The third-order valence-corrected chi connectivity index (χ3v) is 4.92. The fraction of sp³-hybridized carbons (Fsp3) is 0.250. The number of pyridine rings is 1. The maximum absolute atomic E-state index is 11.8. The van der Waals surface area contributed by atoms with Gasteiger partial charge >= 0.3 is 5.97 Å². The van der Waals surface area contributed by atoms with Crippen LogP contribution in [-0.4, -0.2) is 25.3 Å². The lowest BCUT2D eigenvalue weighted by molar-refractivity contribution is -0.676. The number of carboxylic acid groups (broad SMARTS) is 1. The molecular weight excluding hydrogens is 366 g/mol. The van der Waals surface area contributed by atoms with Gasteiger partial charge in [-0.3, -0.25) is 0 Å². The standard InChI is InChI=1S/C24H25NO4/c1-4-5-14-25-22(17-6-10-20(28-2)11-7-17)15-19(24(26)27)16-23(25)18-8-12-21(29-3)13-9-18/h6-13,15-16H,4-5,14H2,1-3H3/p+1. The van der Waals surface area contributed by atoms with E-state index in [0.29, 0.717) is 0 Å². The quantitative estimate of drug-likeness (QED) is 0.558. The first-order valence-corrected chi connectivity index (χ1v) is 9.67. The highest BCUT2D eigenvalue weighted by molar-refractivity contribution is 5.90. The zero-order valence-electron chi connectivity index (χ0n) is 17.0. The van der Waals surface area contributed by atoms with Crippen LogP contribution in [0.15, 0.2) is 60.7 Å². The first-order valence-electron chi connectivity index (χ1n) is 9.67. The maximum Gasteiger partial charge on any atom is 0.336 e. The smallest absolute Gasteiger partial charge is 0.336 e. The van der Waals surface area contributed by atoms with E-state index in [1.165, 1.54) is 0 Å². The number of hydrogen-bond acceptors (Lipinski definition) is 3. The van der Waals surface area contributed by atoms with Crippen LogP contribution in [0.5, 0.6) is 11.5 Å². The Kier molecular flexibility index (Phi) is 6.50. The summed E-state index contributed by atoms with van der Waals surface area (Å²) < 4.78 is 12.7. The number of aromatic nitrogens is 1. The van der Waals surface area contributed by atoms with E-state index in [1.807, 2.05) is 48.5 Å². The summed E-state index contributed by atoms with van der Waals surface area (Å²) in [5, 5.41) is 9.71. The molecular formula is C24H26NO4+. The predicted molar refractivity (Wildman–Crippen MR) is 112 cm³/mol. The molecule has 0 aliphatic heterocycles. The van der Waals surface area contributed by atoms with Crippen molar-refractivity contribution in [2.45, 2.75) is 26.3 Å². The Morgan fingerprint density at radius 3 is 1.66 bits per heavy atom. The van der Waals surface area contributed by atoms with Gasteiger partial charge in [0.2, 0.25) is 11.4 Å². The Hall–Kier alpha value is -3.34. The molecule has 3 aromatic rings. The SMILES string of the molecule is CCCC[n+]1c(-c2ccc(OC)cc2)cc(C(=O)O)cc1-c1ccc(OC)cc1. The summed E-state index contributed by atoms with van der Waals surface area (Å²) in [4.78, 5) is 11.8. The molecule has 1 aromatic heterocycles. The average molecular weight is 392 g/mol. The van der Waals surface area contributed by atoms with Crippen molar-refractivity contribution in [1.82, 2.24) is 0 Å². The van der Waals surface area contributed by atoms with Crippen LogP contribution in [0.1, 0.15) is 30.1 Å². The van der Waals surface area contributed by atoms with Crippen molar-refractivity contribution in [2.75, 3.05) is 14.2 Å². The van der Waals surface area contributed by atoms with Crippen LogP contribution in [0.3, 0.4) is 0 Å². The van der Waals surface area contributed by atoms with Gasteiger partial charge in [-0.05, 0) is 48.5 Å². The van der Waals surface area contributed by atoms with E-state index >= 15 is 0 Å². The molecule has 1 N–H and O–H groups in total. The number of ether oxygens (including phenoxy) is 2. The molecule has 5 heteroatoms. The molecule has 0 fully saturated rings. The fourth-order valence-corrected chi connectivity index (χ4v) is 3.30. The molecule has 29 heavy (non-hydrogen) atoms. The van der Waals surface area contributed by atoms with Crippen molar-refractivity contribution in [1.29, 1.82) is 0 Å². The number of carbonyl (C=O) groups is 1. The van der Waals surface area contributed by atoms with Gasteiger partial charge in [0.25, 0.3) is 0 Å². The van der Waals surface area contributed by atoms with E-state index in [9.17, 15) is 9.90 Å². The summed E-state index contributed by atoms with van der Waals surface area (Å²) in [6.07, 6.45) is 2.03. The molecule has 0 radical (unpaired) electrons. The number of hydrogen-bond donors (Lipinski definition) is 1. The Bertz CT molecular complexity index is 910. The van der Waals surface area contributed by atoms with E-state index in [0.717, 1.165) is 53.4 Å². The lowest BCUT2D eigenvalue weighted by Crippen LogP contribution is -2.39. The van der Waals surface area contributed by atoms with Crippen LogP contribution >= 0.6 is 0 Å². The highest BCUT2D eigenvalue weighted by Gasteiger charge is 2.24. The third kappa shape index (κ3) is 4.57. The van der Waals surface area contributed by atoms with Gasteiger partial charge < -0.3 is 14.6 Å². The molecule has 0 atom stereocenters. The third-order valence-electron chi connectivity index (χ3n) is 4.92. The molecule has 0 amide bonds. The Morgan fingerprint density at radius 2 is 1.31 bits per heavy atom. The molecule has 0 spiro atoms. The second-order valence-electron chi connectivity index (χ2n) is 6.78. The van der Waals surface area contributed by atoms with E-state index in [2.05, 4.69) is 11.5 Å². The normalized spacial score (nSPS) is 10.6. The predicted octanol–water partition coefficient (Wildman–Crippen LogP) is 4.82. The largest absolute Gasteiger partial charge is 0.497 e. The first kappa shape index (κ1) is 20.4. The van der Waals surface area contributed by atoms with E-state index in [1.54, 1.807) is 26.4 Å². The Balaban J connectivity index is 2.23. The number of unbranched alkanes of at least 4 members (excludes halogenated alkanes) is 1. The number of benzene rings is 2. The first-order chi connectivity index (χ1) is 14.1. The number of methoxy groups -OCH3 is 2. The van der Waals surface area contributed by atoms with Crippen molar-refractivity contribution in [3.05, 3.63) is 66.2 Å². The van der Waals surface area contributed by atoms with Gasteiger partial charge in [0.1, 0.15) is 18.0 Å². The molecule has 0 saturated carbocycles. The van der Waals surface area contributed by atoms with Crippen molar-refractivity contribution in [2.24, 2.45) is 0 Å². The molecule has 0 aliphatic rings. The molecule has 0 saturated heterocycles. The average Bonchev–Trinajstić information content (AvgIpc) is 2.77. The van der Waals surface area contributed by atoms with Crippen LogP contribution < -0.4 is 14.0 Å². The molecule has 5 nitrogen and oxygen atoms in total. The molecule has 150 valence electrons. The minimum atomic E-state index is -0.947. The zero-order valence-corrected chi connectivity index (χ0v) is 17.0. The van der Waals surface area contributed by atoms with E-state index < -0.39 is 5.97 Å². The van der Waals surface area contributed by atoms with Crippen LogP contribution in [0.25, 0.3) is 22.5 Å². The van der Waals surface area contributed by atoms with Gasteiger partial charge in [0.15, 0.2) is 0 Å². The topological polar surface area (TPSA) is 59.6 Å². The van der Waals surface area contributed by atoms with Gasteiger partial charge in [-0.15, -0.1) is 0 Å². The molecule has 0 aliphatic carbocycles. The van der Waals surface area contributed by atoms with Gasteiger partial charge in [0, 0.05) is 29.7 Å². The Labute approximate surface area is 171 Å². The van der Waals surface area contributed by atoms with Gasteiger partial charge in [0.05, 0.1) is 19.8 Å². The van der Waals surface area contributed by atoms with Crippen molar-refractivity contribution < 1.29 is 23.9 Å². The summed E-state index contributed by atoms with van der Waals surface area (Å²) in [6.45, 7) is 2.94. The minimum Gasteiger partial charge on any atom is -0.497 e. The summed E-state index contributed by atoms with van der Waals surface area (Å²) >= 11 is 0. The Morgan fingerprint density at radius 1 is 0.862 bits per heavy atom. The lowest BCUT2D eigenvalue weighted by Gasteiger charge is -2.12. The van der Waals surface area contributed by atoms with Crippen molar-refractivity contribution >= 4 is 5.97 Å². The second kappa shape index (κ2) is 9.24. The highest BCUT2D eigenvalue weighted by atomic mass is 16.5. The van der Waals surface area contributed by atoms with Crippen molar-refractivity contribution in [3.8, 4) is 34.0 Å². The second-order valence-corrected chi connectivity index (χ2v) is 6.78. The van der Waals surface area contributed by atoms with Crippen LogP contribution in [0, 0.1) is 0 Å². The monoisotopic (exact) mass is 392 g/mol. The van der Waals surface area contributed by atoms with Crippen molar-refractivity contribution in [3.63, 3.8) is 0 Å². The maximum atomic E-state index is 11.8. The minimum absolute atomic E-state index is 0.259. The van der Waals surface area contributed by atoms with Crippen LogP contribution in [0.4, 0.5) is 0 Å². The number of nitrogens with zero attached hydrogens (tertiary/aromatic N) is 1. The number of aromatic carboxylic acids is 1. The lowest BCUT2D eigenvalue weighted by atomic mass is 10.0. The van der Waals surface area contributed by atoms with E-state index in [-0.39, 0.29) is 5.56 Å². The molecule has 1 heterocycles. The van der Waals surface area contributed by atoms with Gasteiger partial charge in [-0.2, -0.15) is 4.57 Å². The molecule has 0 unspecified atom stereocenters. The molecule has 0 bridgehead atoms. The number of carboxylic acids is 1. The fourth-order valence-electron chi connectivity index (χ4n) is 3.30. The van der Waals surface area contributed by atoms with E-state index in [4.69, 9.17) is 9.47 Å². The summed E-state index contributed by atoms with van der Waals surface area (Å²) in [5.41, 5.74) is 3.88. The summed E-state index contributed by atoms with van der Waals surface area (Å²) in [7, 11) is 3.26. The molecule has 3 rings (SSSR count). The number of rotatable bonds is 8. The zero-order chi connectivity index (χ0) is 20.8. The van der Waals surface area contributed by atoms with Crippen LogP contribution in [-0.2, 0) is 6.54 Å². The van der Waals surface area contributed by atoms with Gasteiger partial charge in [-0.25, -0.2) is 4.79 Å².